The minimum absolute atomic E-state index is 0.110. The molecule has 1 aliphatic heterocycles. The predicted octanol–water partition coefficient (Wildman–Crippen LogP) is 4.97. The molecule has 2 unspecified atom stereocenters. The molecule has 3 heterocycles. The lowest BCUT2D eigenvalue weighted by atomic mass is 9.92. The zero-order valence-electron chi connectivity index (χ0n) is 17.9. The third-order valence-corrected chi connectivity index (χ3v) is 7.73. The van der Waals surface area contributed by atoms with Crippen molar-refractivity contribution in [3.05, 3.63) is 89.5 Å². The van der Waals surface area contributed by atoms with E-state index < -0.39 is 16.8 Å². The van der Waals surface area contributed by atoms with E-state index in [-0.39, 0.29) is 18.2 Å². The Bertz CT molecular complexity index is 1360. The molecule has 0 amide bonds. The van der Waals surface area contributed by atoms with Gasteiger partial charge in [0.05, 0.1) is 0 Å². The van der Waals surface area contributed by atoms with Crippen LogP contribution in [0.25, 0.3) is 10.9 Å². The molecule has 5 nitrogen and oxygen atoms in total. The average molecular weight is 463 g/mol. The fraction of sp³-hybridized carbons (Fsp3) is 0.231. The molecule has 0 aliphatic carbocycles. The molecule has 4 aromatic rings. The maximum Gasteiger partial charge on any atom is 0.303 e. The van der Waals surface area contributed by atoms with Crippen molar-refractivity contribution in [2.24, 2.45) is 5.92 Å². The summed E-state index contributed by atoms with van der Waals surface area (Å²) in [5.41, 5.74) is 4.35. The van der Waals surface area contributed by atoms with Crippen LogP contribution >= 0.6 is 0 Å². The minimum atomic E-state index is -1.53. The fourth-order valence-electron chi connectivity index (χ4n) is 4.81. The van der Waals surface area contributed by atoms with Crippen molar-refractivity contribution in [2.45, 2.75) is 42.1 Å². The summed E-state index contributed by atoms with van der Waals surface area (Å²) >= 11 is 0. The SMILES string of the molecule is O=C(O)CC1CCc2c(Cc3cccnc3S(=O)c3ccc(F)cc3)c3ccccc3n2C1. The predicted molar refractivity (Wildman–Crippen MR) is 124 cm³/mol. The summed E-state index contributed by atoms with van der Waals surface area (Å²) in [6.07, 6.45) is 4.01. The number of aliphatic carboxylic acids is 1. The summed E-state index contributed by atoms with van der Waals surface area (Å²) in [6, 6.07) is 17.6. The van der Waals surface area contributed by atoms with E-state index in [0.29, 0.717) is 22.9 Å². The highest BCUT2D eigenvalue weighted by Gasteiger charge is 2.27. The van der Waals surface area contributed by atoms with Gasteiger partial charge in [0.2, 0.25) is 0 Å². The Morgan fingerprint density at radius 2 is 1.91 bits per heavy atom. The van der Waals surface area contributed by atoms with Crippen molar-refractivity contribution >= 4 is 27.7 Å². The molecule has 168 valence electrons. The molecule has 2 aromatic carbocycles. The standard InChI is InChI=1S/C26H23FN2O3S/c27-19-8-10-20(11-9-19)33(32)26-18(4-3-13-28-26)15-22-21-5-1-2-6-23(21)29-16-17(14-25(30)31)7-12-24(22)29/h1-6,8-11,13,17H,7,12,14-16H2,(H,30,31). The topological polar surface area (TPSA) is 72.2 Å². The summed E-state index contributed by atoms with van der Waals surface area (Å²) in [4.78, 5) is 16.2. The van der Waals surface area contributed by atoms with E-state index in [2.05, 4.69) is 21.7 Å². The Labute approximate surface area is 193 Å². The van der Waals surface area contributed by atoms with Crippen molar-refractivity contribution < 1.29 is 18.5 Å². The van der Waals surface area contributed by atoms with Crippen molar-refractivity contribution in [2.75, 3.05) is 0 Å². The molecule has 1 N–H and O–H groups in total. The van der Waals surface area contributed by atoms with Crippen LogP contribution in [0.1, 0.15) is 29.7 Å². The summed E-state index contributed by atoms with van der Waals surface area (Å²) in [5.74, 6) is -1.02. The second-order valence-electron chi connectivity index (χ2n) is 8.42. The number of nitrogens with zero attached hydrogens (tertiary/aromatic N) is 2. The van der Waals surface area contributed by atoms with Gasteiger partial charge in [0.1, 0.15) is 21.6 Å². The third kappa shape index (κ3) is 4.20. The lowest BCUT2D eigenvalue weighted by Crippen LogP contribution is -2.22. The van der Waals surface area contributed by atoms with Gasteiger partial charge < -0.3 is 9.67 Å². The molecule has 33 heavy (non-hydrogen) atoms. The van der Waals surface area contributed by atoms with E-state index in [4.69, 9.17) is 0 Å². The number of carboxylic acid groups (broad SMARTS) is 1. The maximum atomic E-state index is 13.3. The van der Waals surface area contributed by atoms with E-state index in [9.17, 15) is 18.5 Å². The number of fused-ring (bicyclic) bond motifs is 3. The van der Waals surface area contributed by atoms with Crippen LogP contribution in [0.2, 0.25) is 0 Å². The molecule has 5 rings (SSSR count). The van der Waals surface area contributed by atoms with E-state index in [1.54, 1.807) is 6.20 Å². The number of aromatic nitrogens is 2. The van der Waals surface area contributed by atoms with Gasteiger partial charge in [-0.25, -0.2) is 13.6 Å². The van der Waals surface area contributed by atoms with Crippen LogP contribution in [0.15, 0.2) is 76.8 Å². The first kappa shape index (κ1) is 21.5. The van der Waals surface area contributed by atoms with E-state index >= 15 is 0 Å². The Kier molecular flexibility index (Phi) is 5.81. The second kappa shape index (κ2) is 8.90. The highest BCUT2D eigenvalue weighted by Crippen LogP contribution is 2.35. The molecule has 0 spiro atoms. The lowest BCUT2D eigenvalue weighted by Gasteiger charge is -2.25. The minimum Gasteiger partial charge on any atom is -0.481 e. The fourth-order valence-corrected chi connectivity index (χ4v) is 5.95. The summed E-state index contributed by atoms with van der Waals surface area (Å²) in [6.45, 7) is 0.684. The highest BCUT2D eigenvalue weighted by atomic mass is 32.2. The molecular weight excluding hydrogens is 439 g/mol. The molecule has 2 aromatic heterocycles. The zero-order valence-corrected chi connectivity index (χ0v) is 18.7. The quantitative estimate of drug-likeness (QED) is 0.439. The summed E-state index contributed by atoms with van der Waals surface area (Å²) < 4.78 is 28.9. The second-order valence-corrected chi connectivity index (χ2v) is 9.82. The van der Waals surface area contributed by atoms with Gasteiger partial charge in [-0.3, -0.25) is 4.79 Å². The number of hydrogen-bond acceptors (Lipinski definition) is 3. The van der Waals surface area contributed by atoms with Crippen LogP contribution in [-0.2, 0) is 35.0 Å². The number of pyridine rings is 1. The highest BCUT2D eigenvalue weighted by molar-refractivity contribution is 7.85. The Balaban J connectivity index is 1.55. The van der Waals surface area contributed by atoms with Gasteiger partial charge in [0, 0.05) is 47.1 Å². The van der Waals surface area contributed by atoms with Gasteiger partial charge >= 0.3 is 5.97 Å². The van der Waals surface area contributed by atoms with Gasteiger partial charge in [-0.05, 0) is 66.3 Å². The Hall–Kier alpha value is -3.32. The van der Waals surface area contributed by atoms with Crippen molar-refractivity contribution in [1.29, 1.82) is 0 Å². The Morgan fingerprint density at radius 1 is 1.12 bits per heavy atom. The number of para-hydroxylation sites is 1. The molecule has 0 bridgehead atoms. The first-order chi connectivity index (χ1) is 16.0. The Morgan fingerprint density at radius 3 is 2.70 bits per heavy atom. The summed E-state index contributed by atoms with van der Waals surface area (Å²) in [7, 11) is -1.53. The van der Waals surface area contributed by atoms with Crippen molar-refractivity contribution in [3.8, 4) is 0 Å². The van der Waals surface area contributed by atoms with E-state index in [0.717, 1.165) is 29.3 Å². The van der Waals surface area contributed by atoms with E-state index in [1.807, 2.05) is 24.3 Å². The third-order valence-electron chi connectivity index (χ3n) is 6.31. The van der Waals surface area contributed by atoms with Crippen LogP contribution in [0.5, 0.6) is 0 Å². The largest absolute Gasteiger partial charge is 0.481 e. The number of hydrogen-bond donors (Lipinski definition) is 1. The molecule has 1 aliphatic rings. The lowest BCUT2D eigenvalue weighted by molar-refractivity contribution is -0.138. The van der Waals surface area contributed by atoms with Crippen molar-refractivity contribution in [3.63, 3.8) is 0 Å². The number of carboxylic acids is 1. The smallest absolute Gasteiger partial charge is 0.303 e. The molecule has 7 heteroatoms. The van der Waals surface area contributed by atoms with Gasteiger partial charge in [0.15, 0.2) is 0 Å². The maximum absolute atomic E-state index is 13.3. The van der Waals surface area contributed by atoms with Crippen LogP contribution in [0, 0.1) is 11.7 Å². The molecule has 0 saturated heterocycles. The van der Waals surface area contributed by atoms with Crippen LogP contribution in [0.3, 0.4) is 0 Å². The number of rotatable bonds is 6. The number of carbonyl (C=O) groups is 1. The van der Waals surface area contributed by atoms with Gasteiger partial charge in [0.25, 0.3) is 0 Å². The molecule has 2 atom stereocenters. The average Bonchev–Trinajstić information content (AvgIpc) is 3.12. The molecular formula is C26H23FN2O3S. The van der Waals surface area contributed by atoms with E-state index in [1.165, 1.54) is 35.5 Å². The molecule has 0 radical (unpaired) electrons. The molecule has 0 saturated carbocycles. The normalized spacial score (nSPS) is 16.5. The van der Waals surface area contributed by atoms with Gasteiger partial charge in [-0.1, -0.05) is 24.3 Å². The monoisotopic (exact) mass is 462 g/mol. The first-order valence-electron chi connectivity index (χ1n) is 10.9. The van der Waals surface area contributed by atoms with Gasteiger partial charge in [-0.15, -0.1) is 0 Å². The van der Waals surface area contributed by atoms with Crippen LogP contribution < -0.4 is 0 Å². The van der Waals surface area contributed by atoms with Gasteiger partial charge in [-0.2, -0.15) is 0 Å². The van der Waals surface area contributed by atoms with Crippen molar-refractivity contribution in [1.82, 2.24) is 9.55 Å². The first-order valence-corrected chi connectivity index (χ1v) is 12.1. The van der Waals surface area contributed by atoms with Crippen LogP contribution in [-0.4, -0.2) is 24.8 Å². The number of halogens is 1. The summed E-state index contributed by atoms with van der Waals surface area (Å²) in [5, 5.41) is 10.9. The van der Waals surface area contributed by atoms with Crippen LogP contribution in [0.4, 0.5) is 4.39 Å². The zero-order chi connectivity index (χ0) is 22.9. The molecule has 0 fully saturated rings. The number of benzene rings is 2.